The first kappa shape index (κ1) is 21.6. The first-order valence-electron chi connectivity index (χ1n) is 9.61. The zero-order valence-corrected chi connectivity index (χ0v) is 17.0. The van der Waals surface area contributed by atoms with Gasteiger partial charge in [0, 0.05) is 11.6 Å². The normalized spacial score (nSPS) is 11.7. The van der Waals surface area contributed by atoms with Gasteiger partial charge in [0.25, 0.3) is 0 Å². The van der Waals surface area contributed by atoms with Crippen molar-refractivity contribution in [3.05, 3.63) is 107 Å². The Kier molecular flexibility index (Phi) is 7.60. The molecule has 30 heavy (non-hydrogen) atoms. The number of rotatable bonds is 8. The molecule has 0 radical (unpaired) electrons. The van der Waals surface area contributed by atoms with Crippen molar-refractivity contribution in [1.82, 2.24) is 10.6 Å². The third-order valence-electron chi connectivity index (χ3n) is 4.72. The van der Waals surface area contributed by atoms with Crippen LogP contribution in [0.1, 0.15) is 22.6 Å². The Morgan fingerprint density at radius 3 is 1.83 bits per heavy atom. The Morgan fingerprint density at radius 1 is 0.800 bits per heavy atom. The number of hydrogen-bond acceptors (Lipinski definition) is 3. The summed E-state index contributed by atoms with van der Waals surface area (Å²) in [4.78, 5) is 25.6. The molecule has 1 atom stereocenters. The lowest BCUT2D eigenvalue weighted by Gasteiger charge is -2.22. The molecule has 0 saturated carbocycles. The van der Waals surface area contributed by atoms with E-state index in [1.54, 1.807) is 24.3 Å². The van der Waals surface area contributed by atoms with Crippen LogP contribution >= 0.6 is 11.6 Å². The summed E-state index contributed by atoms with van der Waals surface area (Å²) in [5.41, 5.74) is 2.47. The van der Waals surface area contributed by atoms with Crippen LogP contribution in [0.5, 0.6) is 0 Å². The fraction of sp³-hybridized carbons (Fsp3) is 0.167. The zero-order valence-electron chi connectivity index (χ0n) is 16.3. The average molecular weight is 423 g/mol. The van der Waals surface area contributed by atoms with Gasteiger partial charge in [0.15, 0.2) is 0 Å². The first-order chi connectivity index (χ1) is 14.6. The van der Waals surface area contributed by atoms with Gasteiger partial charge in [-0.25, -0.2) is 0 Å². The fourth-order valence-electron chi connectivity index (χ4n) is 3.15. The predicted molar refractivity (Wildman–Crippen MR) is 117 cm³/mol. The second kappa shape index (κ2) is 10.6. The summed E-state index contributed by atoms with van der Waals surface area (Å²) < 4.78 is 0. The van der Waals surface area contributed by atoms with Gasteiger partial charge in [0.05, 0.1) is 12.5 Å². The number of amides is 2. The average Bonchev–Trinajstić information content (AvgIpc) is 2.78. The van der Waals surface area contributed by atoms with Crippen LogP contribution in [0.4, 0.5) is 0 Å². The summed E-state index contributed by atoms with van der Waals surface area (Å²) in [5.74, 6) is -1.40. The van der Waals surface area contributed by atoms with E-state index >= 15 is 0 Å². The third kappa shape index (κ3) is 5.69. The van der Waals surface area contributed by atoms with Crippen LogP contribution in [0.2, 0.25) is 5.02 Å². The van der Waals surface area contributed by atoms with E-state index in [-0.39, 0.29) is 12.5 Å². The predicted octanol–water partition coefficient (Wildman–Crippen LogP) is 3.27. The molecule has 2 amide bonds. The summed E-state index contributed by atoms with van der Waals surface area (Å²) in [6, 6.07) is 24.7. The zero-order chi connectivity index (χ0) is 21.3. The van der Waals surface area contributed by atoms with Gasteiger partial charge in [-0.1, -0.05) is 84.4 Å². The highest BCUT2D eigenvalue weighted by Gasteiger charge is 2.27. The number of nitrogens with one attached hydrogen (secondary N) is 2. The minimum absolute atomic E-state index is 0.267. The molecular weight excluding hydrogens is 400 g/mol. The monoisotopic (exact) mass is 422 g/mol. The Balaban J connectivity index is 1.71. The maximum Gasteiger partial charge on any atom is 0.245 e. The summed E-state index contributed by atoms with van der Waals surface area (Å²) in [6.07, 6.45) is 0. The van der Waals surface area contributed by atoms with E-state index in [1.165, 1.54) is 0 Å². The van der Waals surface area contributed by atoms with Gasteiger partial charge in [0.2, 0.25) is 11.8 Å². The maximum atomic E-state index is 13.1. The van der Waals surface area contributed by atoms with Crippen molar-refractivity contribution in [3.63, 3.8) is 0 Å². The fourth-order valence-corrected chi connectivity index (χ4v) is 3.28. The highest BCUT2D eigenvalue weighted by Crippen LogP contribution is 2.24. The summed E-state index contributed by atoms with van der Waals surface area (Å²) in [6.45, 7) is -0.238. The molecule has 3 aromatic carbocycles. The lowest BCUT2D eigenvalue weighted by molar-refractivity contribution is -0.130. The van der Waals surface area contributed by atoms with Gasteiger partial charge < -0.3 is 15.7 Å². The SMILES string of the molecule is O=C(N[C@@H](CO)C(=O)NCc1ccc(Cl)cc1)C(c1ccccc1)c1ccccc1. The summed E-state index contributed by atoms with van der Waals surface area (Å²) in [7, 11) is 0. The number of halogens is 1. The van der Waals surface area contributed by atoms with Crippen LogP contribution in [0.25, 0.3) is 0 Å². The van der Waals surface area contributed by atoms with E-state index in [1.807, 2.05) is 60.7 Å². The lowest BCUT2D eigenvalue weighted by atomic mass is 9.90. The largest absolute Gasteiger partial charge is 0.394 e. The van der Waals surface area contributed by atoms with Crippen LogP contribution in [0.15, 0.2) is 84.9 Å². The van der Waals surface area contributed by atoms with Crippen LogP contribution in [0.3, 0.4) is 0 Å². The number of carbonyl (C=O) groups is 2. The van der Waals surface area contributed by atoms with Crippen molar-refractivity contribution in [2.45, 2.75) is 18.5 Å². The summed E-state index contributed by atoms with van der Waals surface area (Å²) in [5, 5.41) is 15.7. The quantitative estimate of drug-likeness (QED) is 0.521. The molecule has 3 aromatic rings. The molecule has 154 valence electrons. The van der Waals surface area contributed by atoms with Crippen molar-refractivity contribution in [2.24, 2.45) is 0 Å². The summed E-state index contributed by atoms with van der Waals surface area (Å²) >= 11 is 5.87. The lowest BCUT2D eigenvalue weighted by Crippen LogP contribution is -2.50. The number of carbonyl (C=O) groups excluding carboxylic acids is 2. The molecule has 3 N–H and O–H groups in total. The topological polar surface area (TPSA) is 78.4 Å². The molecule has 3 rings (SSSR count). The standard InChI is InChI=1S/C24H23ClN2O3/c25-20-13-11-17(12-14-20)15-26-23(29)21(16-28)27-24(30)22(18-7-3-1-4-8-18)19-9-5-2-6-10-19/h1-14,21-22,28H,15-16H2,(H,26,29)(H,27,30)/t21-/m0/s1. The van der Waals surface area contributed by atoms with Crippen LogP contribution < -0.4 is 10.6 Å². The minimum atomic E-state index is -1.06. The molecule has 0 aliphatic rings. The van der Waals surface area contributed by atoms with Gasteiger partial charge >= 0.3 is 0 Å². The maximum absolute atomic E-state index is 13.1. The molecule has 0 aromatic heterocycles. The molecule has 5 nitrogen and oxygen atoms in total. The smallest absolute Gasteiger partial charge is 0.245 e. The third-order valence-corrected chi connectivity index (χ3v) is 4.98. The van der Waals surface area contributed by atoms with Crippen molar-refractivity contribution in [2.75, 3.05) is 6.61 Å². The van der Waals surface area contributed by atoms with Gasteiger partial charge in [-0.15, -0.1) is 0 Å². The number of aliphatic hydroxyl groups excluding tert-OH is 1. The highest BCUT2D eigenvalue weighted by molar-refractivity contribution is 6.30. The Bertz CT molecular complexity index is 923. The van der Waals surface area contributed by atoms with Gasteiger partial charge in [-0.05, 0) is 28.8 Å². The molecule has 0 aliphatic carbocycles. The van der Waals surface area contributed by atoms with Crippen LogP contribution in [-0.4, -0.2) is 29.6 Å². The molecule has 0 bridgehead atoms. The Labute approximate surface area is 180 Å². The van der Waals surface area contributed by atoms with Crippen LogP contribution in [-0.2, 0) is 16.1 Å². The number of hydrogen-bond donors (Lipinski definition) is 3. The highest BCUT2D eigenvalue weighted by atomic mass is 35.5. The van der Waals surface area contributed by atoms with Crippen LogP contribution in [0, 0.1) is 0 Å². The number of benzene rings is 3. The van der Waals surface area contributed by atoms with Crippen molar-refractivity contribution >= 4 is 23.4 Å². The van der Waals surface area contributed by atoms with Crippen molar-refractivity contribution in [3.8, 4) is 0 Å². The Hall–Kier alpha value is -3.15. The van der Waals surface area contributed by atoms with E-state index in [4.69, 9.17) is 11.6 Å². The molecule has 0 spiro atoms. The van der Waals surface area contributed by atoms with Gasteiger partial charge in [-0.3, -0.25) is 9.59 Å². The molecule has 0 fully saturated rings. The van der Waals surface area contributed by atoms with Gasteiger partial charge in [-0.2, -0.15) is 0 Å². The molecule has 6 heteroatoms. The molecular formula is C24H23ClN2O3. The van der Waals surface area contributed by atoms with E-state index in [0.29, 0.717) is 5.02 Å². The Morgan fingerprint density at radius 2 is 1.33 bits per heavy atom. The van der Waals surface area contributed by atoms with E-state index in [9.17, 15) is 14.7 Å². The minimum Gasteiger partial charge on any atom is -0.394 e. The second-order valence-electron chi connectivity index (χ2n) is 6.84. The van der Waals surface area contributed by atoms with E-state index in [0.717, 1.165) is 16.7 Å². The molecule has 0 aliphatic heterocycles. The molecule has 0 saturated heterocycles. The molecule has 0 unspecified atom stereocenters. The number of aliphatic hydroxyl groups is 1. The van der Waals surface area contributed by atoms with Crippen molar-refractivity contribution in [1.29, 1.82) is 0 Å². The molecule has 0 heterocycles. The first-order valence-corrected chi connectivity index (χ1v) is 9.99. The second-order valence-corrected chi connectivity index (χ2v) is 7.28. The van der Waals surface area contributed by atoms with Crippen molar-refractivity contribution < 1.29 is 14.7 Å². The van der Waals surface area contributed by atoms with Gasteiger partial charge in [0.1, 0.15) is 6.04 Å². The van der Waals surface area contributed by atoms with E-state index < -0.39 is 24.5 Å². The van der Waals surface area contributed by atoms with E-state index in [2.05, 4.69) is 10.6 Å².